The van der Waals surface area contributed by atoms with Gasteiger partial charge in [-0.25, -0.2) is 0 Å². The first-order valence-corrected chi connectivity index (χ1v) is 7.98. The Kier molecular flexibility index (Phi) is 6.92. The first-order valence-electron chi connectivity index (χ1n) is 7.98. The second-order valence-electron chi connectivity index (χ2n) is 5.53. The van der Waals surface area contributed by atoms with E-state index in [0.717, 1.165) is 16.7 Å². The van der Waals surface area contributed by atoms with Crippen molar-refractivity contribution in [3.63, 3.8) is 0 Å². The average molecular weight is 338 g/mol. The Morgan fingerprint density at radius 3 is 2.28 bits per heavy atom. The third kappa shape index (κ3) is 5.90. The number of carbonyl (C=O) groups excluding carboxylic acids is 2. The minimum atomic E-state index is -0.341. The molecule has 0 saturated carbocycles. The topological polar surface area (TPSA) is 67.4 Å². The predicted octanol–water partition coefficient (Wildman–Crippen LogP) is 2.63. The molecule has 0 atom stereocenters. The first kappa shape index (κ1) is 18.4. The van der Waals surface area contributed by atoms with Gasteiger partial charge >= 0.3 is 0 Å². The molecule has 0 spiro atoms. The molecule has 0 radical (unpaired) electrons. The number of ether oxygens (including phenoxy) is 1. The molecule has 5 heteroatoms. The Labute approximate surface area is 147 Å². The summed E-state index contributed by atoms with van der Waals surface area (Å²) in [7, 11) is 1.63. The van der Waals surface area contributed by atoms with E-state index in [1.165, 1.54) is 6.92 Å². The maximum Gasteiger partial charge on any atom is 0.268 e. The van der Waals surface area contributed by atoms with Crippen molar-refractivity contribution in [3.8, 4) is 0 Å². The van der Waals surface area contributed by atoms with Crippen LogP contribution in [0.2, 0.25) is 0 Å². The van der Waals surface area contributed by atoms with Crippen molar-refractivity contribution in [1.29, 1.82) is 0 Å². The monoisotopic (exact) mass is 338 g/mol. The smallest absolute Gasteiger partial charge is 0.268 e. The Bertz CT molecular complexity index is 755. The summed E-state index contributed by atoms with van der Waals surface area (Å²) in [6, 6.07) is 17.1. The molecule has 5 nitrogen and oxygen atoms in total. The summed E-state index contributed by atoms with van der Waals surface area (Å²) in [5.74, 6) is -0.636. The van der Waals surface area contributed by atoms with E-state index in [4.69, 9.17) is 4.74 Å². The van der Waals surface area contributed by atoms with Crippen molar-refractivity contribution in [3.05, 3.63) is 77.0 Å². The van der Waals surface area contributed by atoms with E-state index >= 15 is 0 Å². The summed E-state index contributed by atoms with van der Waals surface area (Å²) in [6.45, 7) is 2.20. The van der Waals surface area contributed by atoms with Crippen molar-refractivity contribution < 1.29 is 14.3 Å². The van der Waals surface area contributed by atoms with Gasteiger partial charge in [0, 0.05) is 20.6 Å². The largest absolute Gasteiger partial charge is 0.380 e. The number of nitrogens with one attached hydrogen (secondary N) is 2. The zero-order valence-electron chi connectivity index (χ0n) is 14.4. The fourth-order valence-corrected chi connectivity index (χ4v) is 2.36. The van der Waals surface area contributed by atoms with E-state index in [2.05, 4.69) is 10.6 Å². The van der Waals surface area contributed by atoms with Crippen LogP contribution in [-0.4, -0.2) is 18.9 Å². The van der Waals surface area contributed by atoms with Gasteiger partial charge in [-0.2, -0.15) is 0 Å². The Balaban J connectivity index is 2.12. The van der Waals surface area contributed by atoms with Gasteiger partial charge in [-0.05, 0) is 22.8 Å². The second-order valence-corrected chi connectivity index (χ2v) is 5.53. The van der Waals surface area contributed by atoms with E-state index in [0.29, 0.717) is 13.2 Å². The number of rotatable bonds is 7. The normalized spacial score (nSPS) is 11.0. The van der Waals surface area contributed by atoms with Crippen LogP contribution in [0.25, 0.3) is 6.08 Å². The molecule has 130 valence electrons. The average Bonchev–Trinajstić information content (AvgIpc) is 2.61. The maximum absolute atomic E-state index is 12.5. The molecule has 0 unspecified atom stereocenters. The highest BCUT2D eigenvalue weighted by molar-refractivity contribution is 6.00. The zero-order valence-corrected chi connectivity index (χ0v) is 14.4. The number of hydrogen-bond acceptors (Lipinski definition) is 3. The van der Waals surface area contributed by atoms with Crippen molar-refractivity contribution in [2.45, 2.75) is 20.1 Å². The molecular weight excluding hydrogens is 316 g/mol. The van der Waals surface area contributed by atoms with Crippen LogP contribution >= 0.6 is 0 Å². The highest BCUT2D eigenvalue weighted by atomic mass is 16.5. The second kappa shape index (κ2) is 9.39. The molecule has 0 aliphatic carbocycles. The number of amides is 2. The molecule has 25 heavy (non-hydrogen) atoms. The maximum atomic E-state index is 12.5. The van der Waals surface area contributed by atoms with Gasteiger partial charge in [-0.15, -0.1) is 0 Å². The van der Waals surface area contributed by atoms with E-state index in [-0.39, 0.29) is 17.5 Å². The molecule has 0 heterocycles. The summed E-state index contributed by atoms with van der Waals surface area (Å²) >= 11 is 0. The first-order chi connectivity index (χ1) is 12.1. The van der Waals surface area contributed by atoms with Crippen LogP contribution in [0.3, 0.4) is 0 Å². The third-order valence-electron chi connectivity index (χ3n) is 3.52. The Morgan fingerprint density at radius 1 is 1.00 bits per heavy atom. The Hall–Kier alpha value is -2.92. The van der Waals surface area contributed by atoms with Crippen LogP contribution in [0, 0.1) is 0 Å². The molecule has 2 rings (SSSR count). The molecule has 0 aromatic heterocycles. The standard InChI is InChI=1S/C20H22N2O3/c1-15(23)22-19(12-16-8-4-3-5-9-16)20(24)21-13-17-10-6-7-11-18(17)14-25-2/h3-12H,13-14H2,1-2H3,(H,21,24)(H,22,23)/b19-12-. The Morgan fingerprint density at radius 2 is 1.64 bits per heavy atom. The van der Waals surface area contributed by atoms with Crippen LogP contribution in [0.15, 0.2) is 60.3 Å². The lowest BCUT2D eigenvalue weighted by atomic mass is 10.1. The van der Waals surface area contributed by atoms with Gasteiger partial charge < -0.3 is 15.4 Å². The predicted molar refractivity (Wildman–Crippen MR) is 97.2 cm³/mol. The molecule has 0 bridgehead atoms. The summed E-state index contributed by atoms with van der Waals surface area (Å²) in [5, 5.41) is 5.44. The highest BCUT2D eigenvalue weighted by Gasteiger charge is 2.12. The van der Waals surface area contributed by atoms with Gasteiger partial charge in [0.05, 0.1) is 6.61 Å². The van der Waals surface area contributed by atoms with Crippen LogP contribution < -0.4 is 10.6 Å². The molecular formula is C20H22N2O3. The van der Waals surface area contributed by atoms with Gasteiger partial charge in [0.1, 0.15) is 5.70 Å². The number of carbonyl (C=O) groups is 2. The molecule has 2 aromatic rings. The minimum absolute atomic E-state index is 0.211. The van der Waals surface area contributed by atoms with E-state index < -0.39 is 0 Å². The fraction of sp³-hybridized carbons (Fsp3) is 0.200. The number of benzene rings is 2. The zero-order chi connectivity index (χ0) is 18.1. The van der Waals surface area contributed by atoms with E-state index in [1.807, 2.05) is 54.6 Å². The molecule has 2 aromatic carbocycles. The van der Waals surface area contributed by atoms with Crippen molar-refractivity contribution in [1.82, 2.24) is 10.6 Å². The van der Waals surface area contributed by atoms with Gasteiger partial charge in [0.25, 0.3) is 5.91 Å². The number of hydrogen-bond donors (Lipinski definition) is 2. The molecule has 0 fully saturated rings. The van der Waals surface area contributed by atoms with E-state index in [1.54, 1.807) is 13.2 Å². The number of methoxy groups -OCH3 is 1. The molecule has 0 aliphatic rings. The lowest BCUT2D eigenvalue weighted by Gasteiger charge is -2.12. The molecule has 2 N–H and O–H groups in total. The SMILES string of the molecule is COCc1ccccc1CNC(=O)/C(=C/c1ccccc1)NC(C)=O. The summed E-state index contributed by atoms with van der Waals surface area (Å²) in [4.78, 5) is 23.9. The highest BCUT2D eigenvalue weighted by Crippen LogP contribution is 2.10. The molecule has 2 amide bonds. The van der Waals surface area contributed by atoms with Crippen molar-refractivity contribution in [2.24, 2.45) is 0 Å². The summed E-state index contributed by atoms with van der Waals surface area (Å²) < 4.78 is 5.17. The summed E-state index contributed by atoms with van der Waals surface area (Å²) in [6.07, 6.45) is 1.65. The lowest BCUT2D eigenvalue weighted by Crippen LogP contribution is -2.33. The quantitative estimate of drug-likeness (QED) is 0.763. The van der Waals surface area contributed by atoms with Crippen molar-refractivity contribution in [2.75, 3.05) is 7.11 Å². The molecule has 0 saturated heterocycles. The summed E-state index contributed by atoms with van der Waals surface area (Å²) in [5.41, 5.74) is 3.03. The van der Waals surface area contributed by atoms with Crippen LogP contribution in [0.5, 0.6) is 0 Å². The van der Waals surface area contributed by atoms with Gasteiger partial charge in [-0.3, -0.25) is 9.59 Å². The third-order valence-corrected chi connectivity index (χ3v) is 3.52. The lowest BCUT2D eigenvalue weighted by molar-refractivity contribution is -0.122. The van der Waals surface area contributed by atoms with Gasteiger partial charge in [0.2, 0.25) is 5.91 Å². The molecule has 0 aliphatic heterocycles. The fourth-order valence-electron chi connectivity index (χ4n) is 2.36. The van der Waals surface area contributed by atoms with Crippen molar-refractivity contribution >= 4 is 17.9 Å². The van der Waals surface area contributed by atoms with Crippen LogP contribution in [-0.2, 0) is 27.5 Å². The van der Waals surface area contributed by atoms with E-state index in [9.17, 15) is 9.59 Å². The van der Waals surface area contributed by atoms with Gasteiger partial charge in [-0.1, -0.05) is 54.6 Å². The minimum Gasteiger partial charge on any atom is -0.380 e. The van der Waals surface area contributed by atoms with Crippen LogP contribution in [0.1, 0.15) is 23.6 Å². The van der Waals surface area contributed by atoms with Gasteiger partial charge in [0.15, 0.2) is 0 Å². The van der Waals surface area contributed by atoms with Crippen LogP contribution in [0.4, 0.5) is 0 Å².